The van der Waals surface area contributed by atoms with Gasteiger partial charge in [-0.1, -0.05) is 23.2 Å². The van der Waals surface area contributed by atoms with Crippen molar-refractivity contribution in [2.75, 3.05) is 0 Å². The minimum Gasteiger partial charge on any atom is -0.329 e. The van der Waals surface area contributed by atoms with Crippen molar-refractivity contribution in [2.45, 2.75) is 6.92 Å². The highest BCUT2D eigenvalue weighted by molar-refractivity contribution is 7.71. The molecule has 6 heteroatoms. The number of aromatic amines is 1. The van der Waals surface area contributed by atoms with Crippen molar-refractivity contribution in [2.24, 2.45) is 0 Å². The van der Waals surface area contributed by atoms with Crippen LogP contribution in [-0.4, -0.2) is 14.5 Å². The second-order valence-corrected chi connectivity index (χ2v) is 5.48. The van der Waals surface area contributed by atoms with Gasteiger partial charge in [0, 0.05) is 15.7 Å². The molecule has 0 bridgehead atoms. The number of hydrogen-bond acceptors (Lipinski definition) is 2. The fraction of sp³-hybridized carbons (Fsp3) is 0.0769. The van der Waals surface area contributed by atoms with Gasteiger partial charge in [-0.05, 0) is 49.5 Å². The summed E-state index contributed by atoms with van der Waals surface area (Å²) in [5.74, 6) is 0. The maximum atomic E-state index is 6.04. The number of hydrogen-bond donors (Lipinski definition) is 1. The first-order valence-corrected chi connectivity index (χ1v) is 6.76. The van der Waals surface area contributed by atoms with E-state index in [1.807, 2.05) is 23.6 Å². The molecule has 0 saturated carbocycles. The smallest absolute Gasteiger partial charge is 0.183 e. The minimum absolute atomic E-state index is 0.561. The average molecular weight is 310 g/mol. The Bertz CT molecular complexity index is 815. The van der Waals surface area contributed by atoms with E-state index in [0.29, 0.717) is 14.8 Å². The number of nitrogens with zero attached hydrogens (tertiary/aromatic N) is 2. The van der Waals surface area contributed by atoms with Gasteiger partial charge in [-0.15, -0.1) is 0 Å². The lowest BCUT2D eigenvalue weighted by Crippen LogP contribution is -1.96. The summed E-state index contributed by atoms with van der Waals surface area (Å²) in [7, 11) is 0. The van der Waals surface area contributed by atoms with Crippen LogP contribution in [0.1, 0.15) is 5.69 Å². The topological polar surface area (TPSA) is 33.6 Å². The van der Waals surface area contributed by atoms with Crippen LogP contribution >= 0.6 is 35.4 Å². The summed E-state index contributed by atoms with van der Waals surface area (Å²) in [6.07, 6.45) is 0. The summed E-state index contributed by atoms with van der Waals surface area (Å²) in [6, 6.07) is 9.18. The van der Waals surface area contributed by atoms with Crippen LogP contribution in [0, 0.1) is 11.7 Å². The lowest BCUT2D eigenvalue weighted by atomic mass is 10.3. The van der Waals surface area contributed by atoms with Gasteiger partial charge < -0.3 is 4.98 Å². The number of rotatable bonds is 1. The van der Waals surface area contributed by atoms with Gasteiger partial charge in [0.1, 0.15) is 0 Å². The molecule has 3 aromatic rings. The Balaban J connectivity index is 2.38. The number of aryl methyl sites for hydroxylation is 1. The van der Waals surface area contributed by atoms with Gasteiger partial charge in [0.15, 0.2) is 10.4 Å². The lowest BCUT2D eigenvalue weighted by molar-refractivity contribution is 1.04. The maximum Gasteiger partial charge on any atom is 0.183 e. The van der Waals surface area contributed by atoms with Crippen LogP contribution in [0.2, 0.25) is 10.0 Å². The first-order valence-electron chi connectivity index (χ1n) is 5.59. The molecular weight excluding hydrogens is 301 g/mol. The summed E-state index contributed by atoms with van der Waals surface area (Å²) in [5, 5.41) is 1.12. The number of halogens is 2. The van der Waals surface area contributed by atoms with Crippen LogP contribution < -0.4 is 0 Å². The van der Waals surface area contributed by atoms with E-state index in [9.17, 15) is 0 Å². The molecule has 0 amide bonds. The highest BCUT2D eigenvalue weighted by Crippen LogP contribution is 2.25. The monoisotopic (exact) mass is 309 g/mol. The number of nitrogens with one attached hydrogen (secondary N) is 1. The predicted molar refractivity (Wildman–Crippen MR) is 81.0 cm³/mol. The van der Waals surface area contributed by atoms with E-state index >= 15 is 0 Å². The van der Waals surface area contributed by atoms with Gasteiger partial charge >= 0.3 is 0 Å². The van der Waals surface area contributed by atoms with Crippen LogP contribution in [0.25, 0.3) is 16.9 Å². The molecule has 1 aromatic carbocycles. The van der Waals surface area contributed by atoms with Crippen molar-refractivity contribution < 1.29 is 0 Å². The molecule has 0 aliphatic heterocycles. The summed E-state index contributed by atoms with van der Waals surface area (Å²) < 4.78 is 2.39. The van der Waals surface area contributed by atoms with Gasteiger partial charge in [0.05, 0.1) is 11.2 Å². The molecule has 3 rings (SSSR count). The van der Waals surface area contributed by atoms with Crippen LogP contribution in [0.4, 0.5) is 0 Å². The Morgan fingerprint density at radius 1 is 1.16 bits per heavy atom. The molecule has 0 radical (unpaired) electrons. The summed E-state index contributed by atoms with van der Waals surface area (Å²) in [5.41, 5.74) is 3.37. The van der Waals surface area contributed by atoms with Crippen molar-refractivity contribution in [1.82, 2.24) is 14.5 Å². The Hall–Kier alpha value is -1.36. The van der Waals surface area contributed by atoms with E-state index in [4.69, 9.17) is 35.4 Å². The first-order chi connectivity index (χ1) is 9.04. The van der Waals surface area contributed by atoms with Crippen LogP contribution in [0.15, 0.2) is 30.3 Å². The Morgan fingerprint density at radius 2 is 1.84 bits per heavy atom. The largest absolute Gasteiger partial charge is 0.329 e. The van der Waals surface area contributed by atoms with Crippen molar-refractivity contribution in [3.63, 3.8) is 0 Å². The van der Waals surface area contributed by atoms with E-state index < -0.39 is 0 Å². The molecule has 0 aliphatic carbocycles. The Kier molecular flexibility index (Phi) is 3.09. The standard InChI is InChI=1S/C13H9Cl2N3S/c1-7-2-3-11-12(16-7)18(13(19)17-11)10-5-8(14)4-9(15)6-10/h2-6H,1H3,(H,17,19). The molecule has 2 heterocycles. The van der Waals surface area contributed by atoms with E-state index in [1.54, 1.807) is 18.2 Å². The number of imidazole rings is 1. The van der Waals surface area contributed by atoms with Gasteiger partial charge in [0.2, 0.25) is 0 Å². The number of fused-ring (bicyclic) bond motifs is 1. The third-order valence-electron chi connectivity index (χ3n) is 2.78. The average Bonchev–Trinajstić information content (AvgIpc) is 2.63. The summed E-state index contributed by atoms with van der Waals surface area (Å²) >= 11 is 17.4. The fourth-order valence-electron chi connectivity index (χ4n) is 1.99. The Morgan fingerprint density at radius 3 is 2.53 bits per heavy atom. The molecule has 96 valence electrons. The van der Waals surface area contributed by atoms with E-state index in [-0.39, 0.29) is 0 Å². The second-order valence-electron chi connectivity index (χ2n) is 4.22. The quantitative estimate of drug-likeness (QED) is 0.661. The molecule has 0 aliphatic rings. The number of pyridine rings is 1. The van der Waals surface area contributed by atoms with E-state index in [0.717, 1.165) is 22.5 Å². The van der Waals surface area contributed by atoms with Crippen molar-refractivity contribution in [3.05, 3.63) is 50.8 Å². The zero-order chi connectivity index (χ0) is 13.6. The number of H-pyrrole nitrogens is 1. The molecule has 1 N–H and O–H groups in total. The molecule has 0 unspecified atom stereocenters. The summed E-state index contributed by atoms with van der Waals surface area (Å²) in [6.45, 7) is 1.94. The van der Waals surface area contributed by atoms with Crippen molar-refractivity contribution in [1.29, 1.82) is 0 Å². The van der Waals surface area contributed by atoms with Crippen LogP contribution in [-0.2, 0) is 0 Å². The van der Waals surface area contributed by atoms with Crippen molar-refractivity contribution in [3.8, 4) is 5.69 Å². The van der Waals surface area contributed by atoms with E-state index in [2.05, 4.69) is 9.97 Å². The molecule has 0 spiro atoms. The number of benzene rings is 1. The van der Waals surface area contributed by atoms with E-state index in [1.165, 1.54) is 0 Å². The molecule has 2 aromatic heterocycles. The van der Waals surface area contributed by atoms with Crippen molar-refractivity contribution >= 4 is 46.6 Å². The fourth-order valence-corrected chi connectivity index (χ4v) is 2.80. The number of aromatic nitrogens is 3. The SMILES string of the molecule is Cc1ccc2[nH]c(=S)n(-c3cc(Cl)cc(Cl)c3)c2n1. The normalized spacial score (nSPS) is 11.1. The van der Waals surface area contributed by atoms with Crippen LogP contribution in [0.3, 0.4) is 0 Å². The zero-order valence-corrected chi connectivity index (χ0v) is 12.3. The second kappa shape index (κ2) is 4.63. The highest BCUT2D eigenvalue weighted by atomic mass is 35.5. The third-order valence-corrected chi connectivity index (χ3v) is 3.50. The molecule has 0 atom stereocenters. The first kappa shape index (κ1) is 12.7. The van der Waals surface area contributed by atoms with Gasteiger partial charge in [0.25, 0.3) is 0 Å². The van der Waals surface area contributed by atoms with Gasteiger partial charge in [-0.2, -0.15) is 0 Å². The predicted octanol–water partition coefficient (Wildman–Crippen LogP) is 4.70. The third kappa shape index (κ3) is 2.27. The molecule has 19 heavy (non-hydrogen) atoms. The summed E-state index contributed by atoms with van der Waals surface area (Å²) in [4.78, 5) is 7.63. The molecule has 3 nitrogen and oxygen atoms in total. The molecular formula is C13H9Cl2N3S. The van der Waals surface area contributed by atoms with Gasteiger partial charge in [-0.3, -0.25) is 4.57 Å². The zero-order valence-electron chi connectivity index (χ0n) is 9.95. The Labute approximate surface area is 124 Å². The van der Waals surface area contributed by atoms with Gasteiger partial charge in [-0.25, -0.2) is 4.98 Å². The molecule has 0 saturated heterocycles. The maximum absolute atomic E-state index is 6.04. The molecule has 0 fully saturated rings. The van der Waals surface area contributed by atoms with Crippen LogP contribution in [0.5, 0.6) is 0 Å². The minimum atomic E-state index is 0.561. The highest BCUT2D eigenvalue weighted by Gasteiger charge is 2.09. The lowest BCUT2D eigenvalue weighted by Gasteiger charge is -2.05.